The molecule has 10 heteroatoms. The molecule has 0 aliphatic rings. The third-order valence-corrected chi connectivity index (χ3v) is 11.2. The molecule has 0 rings (SSSR count). The van der Waals surface area contributed by atoms with Gasteiger partial charge in [-0.05, 0) is 57.8 Å². The largest absolute Gasteiger partial charge is 0.472 e. The molecule has 0 aromatic carbocycles. The van der Waals surface area contributed by atoms with Gasteiger partial charge in [0.05, 0.1) is 26.4 Å². The molecule has 350 valence electrons. The average molecular weight is 867 g/mol. The monoisotopic (exact) mass is 867 g/mol. The highest BCUT2D eigenvalue weighted by Crippen LogP contribution is 2.43. The van der Waals surface area contributed by atoms with E-state index in [9.17, 15) is 19.4 Å². The number of aliphatic hydroxyl groups excluding tert-OH is 2. The first-order chi connectivity index (χ1) is 29.3. The van der Waals surface area contributed by atoms with Crippen LogP contribution in [0.2, 0.25) is 0 Å². The lowest BCUT2D eigenvalue weighted by molar-refractivity contribution is -0.154. The number of esters is 1. The minimum absolute atomic E-state index is 0.0390. The van der Waals surface area contributed by atoms with Crippen molar-refractivity contribution in [2.45, 2.75) is 219 Å². The van der Waals surface area contributed by atoms with E-state index in [0.29, 0.717) is 6.61 Å². The third-order valence-electron chi connectivity index (χ3n) is 10.2. The van der Waals surface area contributed by atoms with E-state index in [4.69, 9.17) is 23.6 Å². The summed E-state index contributed by atoms with van der Waals surface area (Å²) in [6.07, 6.45) is 54.6. The summed E-state index contributed by atoms with van der Waals surface area (Å²) in [4.78, 5) is 22.7. The molecule has 9 nitrogen and oxygen atoms in total. The molecule has 3 N–H and O–H groups in total. The maximum atomic E-state index is 12.7. The van der Waals surface area contributed by atoms with Crippen molar-refractivity contribution < 1.29 is 43.0 Å². The van der Waals surface area contributed by atoms with Crippen LogP contribution in [-0.2, 0) is 27.9 Å². The topological polar surface area (TPSA) is 132 Å². The predicted molar refractivity (Wildman–Crippen MR) is 251 cm³/mol. The minimum atomic E-state index is -4.53. The van der Waals surface area contributed by atoms with Gasteiger partial charge in [0.25, 0.3) is 0 Å². The van der Waals surface area contributed by atoms with Crippen LogP contribution in [0.4, 0.5) is 0 Å². The number of hydrogen-bond donors (Lipinski definition) is 3. The molecule has 0 spiro atoms. The highest BCUT2D eigenvalue weighted by Gasteiger charge is 2.26. The highest BCUT2D eigenvalue weighted by molar-refractivity contribution is 7.47. The number of ether oxygens (including phenoxy) is 2. The standard InChI is InChI=1S/C50H91O9P/c1-3-5-7-9-11-13-15-17-19-21-22-23-24-25-27-29-31-33-35-37-39-41-43-56-46-49(47-58-60(54,55)57-45-48(52)44-51)59-50(53)42-40-38-36-34-32-30-28-26-20-18-16-14-12-10-8-6-4-2/h5,7,11,13,17,19,22-23,25,27,48-49,51-52H,3-4,6,8-10,12,14-16,18,20-21,24,26,28-47H2,1-2H3,(H,54,55)/b7-5-,13-11-,19-17-,23-22-,27-25-. The van der Waals surface area contributed by atoms with E-state index in [2.05, 4.69) is 74.6 Å². The molecule has 0 aromatic rings. The van der Waals surface area contributed by atoms with Crippen LogP contribution in [0.15, 0.2) is 60.8 Å². The molecule has 60 heavy (non-hydrogen) atoms. The van der Waals surface area contributed by atoms with Crippen LogP contribution in [0.3, 0.4) is 0 Å². The van der Waals surface area contributed by atoms with Gasteiger partial charge in [0.15, 0.2) is 0 Å². The van der Waals surface area contributed by atoms with Crippen LogP contribution in [0.5, 0.6) is 0 Å². The number of carbonyl (C=O) groups is 1. The normalized spacial score (nSPS) is 14.4. The van der Waals surface area contributed by atoms with Crippen molar-refractivity contribution in [2.75, 3.05) is 33.0 Å². The van der Waals surface area contributed by atoms with Crippen LogP contribution >= 0.6 is 7.82 Å². The summed E-state index contributed by atoms with van der Waals surface area (Å²) in [5.74, 6) is -0.387. The molecule has 3 atom stereocenters. The van der Waals surface area contributed by atoms with Crippen LogP contribution in [0, 0.1) is 0 Å². The Morgan fingerprint density at radius 2 is 0.950 bits per heavy atom. The van der Waals surface area contributed by atoms with Gasteiger partial charge in [-0.15, -0.1) is 0 Å². The lowest BCUT2D eigenvalue weighted by Gasteiger charge is -2.20. The summed E-state index contributed by atoms with van der Waals surface area (Å²) in [7, 11) is -4.53. The Labute approximate surface area is 368 Å². The first kappa shape index (κ1) is 58.2. The van der Waals surface area contributed by atoms with E-state index in [1.807, 2.05) is 0 Å². The zero-order chi connectivity index (χ0) is 43.9. The Morgan fingerprint density at radius 1 is 0.533 bits per heavy atom. The van der Waals surface area contributed by atoms with Gasteiger partial charge in [-0.2, -0.15) is 0 Å². The van der Waals surface area contributed by atoms with Gasteiger partial charge in [0, 0.05) is 13.0 Å². The summed E-state index contributed by atoms with van der Waals surface area (Å²) in [6.45, 7) is 3.39. The van der Waals surface area contributed by atoms with E-state index >= 15 is 0 Å². The van der Waals surface area contributed by atoms with E-state index in [-0.39, 0.29) is 25.6 Å². The molecule has 0 heterocycles. The SMILES string of the molecule is CC/C=C\C/C=C\C/C=C\C/C=C\C/C=C\CCCCCCCCOCC(COP(=O)(O)OCC(O)CO)OC(=O)CCCCCCCCCCCCCCCCCCC. The second kappa shape index (κ2) is 46.7. The number of phosphoric acid groups is 1. The van der Waals surface area contributed by atoms with Gasteiger partial charge in [-0.3, -0.25) is 13.8 Å². The second-order valence-electron chi connectivity index (χ2n) is 16.1. The Morgan fingerprint density at radius 3 is 1.43 bits per heavy atom. The molecular formula is C50H91O9P. The molecule has 0 fully saturated rings. The lowest BCUT2D eigenvalue weighted by Crippen LogP contribution is -2.29. The van der Waals surface area contributed by atoms with Gasteiger partial charge in [-0.25, -0.2) is 4.57 Å². The van der Waals surface area contributed by atoms with Gasteiger partial charge in [-0.1, -0.05) is 203 Å². The fourth-order valence-electron chi connectivity index (χ4n) is 6.56. The summed E-state index contributed by atoms with van der Waals surface area (Å²) in [5.41, 5.74) is 0. The van der Waals surface area contributed by atoms with Crippen molar-refractivity contribution in [3.8, 4) is 0 Å². The van der Waals surface area contributed by atoms with Gasteiger partial charge >= 0.3 is 13.8 Å². The van der Waals surface area contributed by atoms with E-state index < -0.39 is 33.2 Å². The second-order valence-corrected chi connectivity index (χ2v) is 17.6. The summed E-state index contributed by atoms with van der Waals surface area (Å²) >= 11 is 0. The summed E-state index contributed by atoms with van der Waals surface area (Å²) < 4.78 is 33.5. The first-order valence-electron chi connectivity index (χ1n) is 24.3. The third kappa shape index (κ3) is 45.7. The Bertz CT molecular complexity index is 1120. The fraction of sp³-hybridized carbons (Fsp3) is 0.780. The minimum Gasteiger partial charge on any atom is -0.457 e. The van der Waals surface area contributed by atoms with Gasteiger partial charge in [0.1, 0.15) is 12.2 Å². The molecule has 0 aromatic heterocycles. The Hall–Kier alpha value is -1.84. The summed E-state index contributed by atoms with van der Waals surface area (Å²) in [5, 5.41) is 18.4. The molecule has 0 bridgehead atoms. The van der Waals surface area contributed by atoms with Crippen molar-refractivity contribution in [3.63, 3.8) is 0 Å². The Balaban J connectivity index is 4.14. The molecule has 0 radical (unpaired) electrons. The van der Waals surface area contributed by atoms with Crippen molar-refractivity contribution in [3.05, 3.63) is 60.8 Å². The van der Waals surface area contributed by atoms with Gasteiger partial charge < -0.3 is 24.6 Å². The molecular weight excluding hydrogens is 776 g/mol. The quantitative estimate of drug-likeness (QED) is 0.0237. The van der Waals surface area contributed by atoms with E-state index in [1.54, 1.807) is 0 Å². The highest BCUT2D eigenvalue weighted by atomic mass is 31.2. The average Bonchev–Trinajstić information content (AvgIpc) is 3.24. The molecule has 0 aliphatic heterocycles. The zero-order valence-electron chi connectivity index (χ0n) is 38.4. The van der Waals surface area contributed by atoms with E-state index in [1.165, 1.54) is 109 Å². The molecule has 0 aliphatic carbocycles. The Kier molecular flexibility index (Phi) is 45.2. The van der Waals surface area contributed by atoms with Crippen LogP contribution in [0.1, 0.15) is 206 Å². The number of hydrogen-bond acceptors (Lipinski definition) is 8. The fourth-order valence-corrected chi connectivity index (χ4v) is 7.35. The van der Waals surface area contributed by atoms with Crippen LogP contribution in [0.25, 0.3) is 0 Å². The van der Waals surface area contributed by atoms with Crippen molar-refractivity contribution in [2.24, 2.45) is 0 Å². The number of aliphatic hydroxyl groups is 2. The number of rotatable bonds is 46. The molecule has 0 amide bonds. The smallest absolute Gasteiger partial charge is 0.457 e. The van der Waals surface area contributed by atoms with E-state index in [0.717, 1.165) is 77.0 Å². The number of allylic oxidation sites excluding steroid dienone is 10. The van der Waals surface area contributed by atoms with Crippen molar-refractivity contribution in [1.29, 1.82) is 0 Å². The number of carbonyl (C=O) groups excluding carboxylic acids is 1. The molecule has 0 saturated carbocycles. The predicted octanol–water partition coefficient (Wildman–Crippen LogP) is 13.9. The van der Waals surface area contributed by atoms with Crippen molar-refractivity contribution in [1.82, 2.24) is 0 Å². The first-order valence-corrected chi connectivity index (χ1v) is 25.8. The van der Waals surface area contributed by atoms with Crippen molar-refractivity contribution >= 4 is 13.8 Å². The van der Waals surface area contributed by atoms with Gasteiger partial charge in [0.2, 0.25) is 0 Å². The molecule has 0 saturated heterocycles. The molecule has 3 unspecified atom stereocenters. The maximum absolute atomic E-state index is 12.7. The van der Waals surface area contributed by atoms with Crippen LogP contribution < -0.4 is 0 Å². The lowest BCUT2D eigenvalue weighted by atomic mass is 10.0. The number of phosphoric ester groups is 1. The van der Waals surface area contributed by atoms with Crippen LogP contribution in [-0.4, -0.2) is 66.3 Å². The number of unbranched alkanes of at least 4 members (excludes halogenated alkanes) is 22. The summed E-state index contributed by atoms with van der Waals surface area (Å²) in [6, 6.07) is 0. The maximum Gasteiger partial charge on any atom is 0.472 e. The zero-order valence-corrected chi connectivity index (χ0v) is 39.3.